The smallest absolute Gasteiger partial charge is 0.117 e. The summed E-state index contributed by atoms with van der Waals surface area (Å²) in [5.74, 6) is 0.0969. The maximum absolute atomic E-state index is 14.1. The molecule has 0 fully saturated rings. The van der Waals surface area contributed by atoms with E-state index in [-0.39, 0.29) is 12.0 Å². The molecular weight excluding hydrogens is 337 g/mol. The van der Waals surface area contributed by atoms with Crippen molar-refractivity contribution in [3.05, 3.63) is 72.1 Å². The molecule has 1 atom stereocenters. The Kier molecular flexibility index (Phi) is 4.52. The molecule has 0 unspecified atom stereocenters. The van der Waals surface area contributed by atoms with Gasteiger partial charge in [0.25, 0.3) is 0 Å². The zero-order valence-corrected chi connectivity index (χ0v) is 16.0. The van der Waals surface area contributed by atoms with E-state index in [0.29, 0.717) is 6.54 Å². The monoisotopic (exact) mass is 363 g/mol. The Morgan fingerprint density at radius 3 is 1.85 bits per heavy atom. The fourth-order valence-electron chi connectivity index (χ4n) is 3.93. The molecule has 0 amide bonds. The molecule has 2 aromatic heterocycles. The van der Waals surface area contributed by atoms with Crippen molar-refractivity contribution in [3.8, 4) is 0 Å². The largest absolute Gasteiger partial charge is 0.361 e. The number of nitrogens with one attached hydrogen (secondary N) is 3. The standard InChI is InChI=1S/C23H26FN3/c1-15(27-14-23(2,3)24)22(18-12-25-20-10-6-4-8-16(18)20)19-13-26-21-11-7-5-9-17(19)21/h4-13,15,22,25-27H,14H2,1-3H3/t15-/m1/s1. The Bertz CT molecular complexity index is 980. The highest BCUT2D eigenvalue weighted by Gasteiger charge is 2.28. The molecule has 0 saturated carbocycles. The van der Waals surface area contributed by atoms with Crippen LogP contribution in [0, 0.1) is 0 Å². The van der Waals surface area contributed by atoms with Crippen LogP contribution in [0.15, 0.2) is 60.9 Å². The fourth-order valence-corrected chi connectivity index (χ4v) is 3.93. The van der Waals surface area contributed by atoms with E-state index in [4.69, 9.17) is 0 Å². The average Bonchev–Trinajstić information content (AvgIpc) is 3.25. The van der Waals surface area contributed by atoms with Crippen LogP contribution in [0.1, 0.15) is 37.8 Å². The Balaban J connectivity index is 1.82. The van der Waals surface area contributed by atoms with Crippen molar-refractivity contribution in [2.75, 3.05) is 6.54 Å². The van der Waals surface area contributed by atoms with Crippen molar-refractivity contribution in [1.29, 1.82) is 0 Å². The van der Waals surface area contributed by atoms with Gasteiger partial charge in [-0.2, -0.15) is 0 Å². The van der Waals surface area contributed by atoms with Crippen LogP contribution in [-0.2, 0) is 0 Å². The number of fused-ring (bicyclic) bond motifs is 2. The molecule has 0 saturated heterocycles. The first kappa shape index (κ1) is 17.8. The lowest BCUT2D eigenvalue weighted by Crippen LogP contribution is -2.40. The highest BCUT2D eigenvalue weighted by molar-refractivity contribution is 5.88. The van der Waals surface area contributed by atoms with Gasteiger partial charge < -0.3 is 15.3 Å². The third-order valence-corrected chi connectivity index (χ3v) is 5.26. The number of hydrogen-bond donors (Lipinski definition) is 3. The summed E-state index contributed by atoms with van der Waals surface area (Å²) in [6, 6.07) is 16.8. The molecule has 4 rings (SSSR count). The Hall–Kier alpha value is -2.59. The SMILES string of the molecule is C[C@@H](NCC(C)(C)F)C(c1c[nH]c2ccccc12)c1c[nH]c2ccccc12. The molecule has 2 aromatic carbocycles. The third kappa shape index (κ3) is 3.50. The molecule has 0 aliphatic rings. The Labute approximate surface area is 159 Å². The zero-order valence-electron chi connectivity index (χ0n) is 16.0. The molecule has 140 valence electrons. The van der Waals surface area contributed by atoms with Crippen molar-refractivity contribution >= 4 is 21.8 Å². The van der Waals surface area contributed by atoms with Gasteiger partial charge in [0, 0.05) is 52.7 Å². The summed E-state index contributed by atoms with van der Waals surface area (Å²) in [5, 5.41) is 5.84. The number of para-hydroxylation sites is 2. The highest BCUT2D eigenvalue weighted by atomic mass is 19.1. The molecule has 0 aliphatic heterocycles. The molecule has 4 aromatic rings. The van der Waals surface area contributed by atoms with Gasteiger partial charge in [-0.25, -0.2) is 4.39 Å². The zero-order chi connectivity index (χ0) is 19.0. The van der Waals surface area contributed by atoms with Crippen LogP contribution in [0.25, 0.3) is 21.8 Å². The van der Waals surface area contributed by atoms with Gasteiger partial charge in [0.15, 0.2) is 0 Å². The van der Waals surface area contributed by atoms with Crippen LogP contribution >= 0.6 is 0 Å². The summed E-state index contributed by atoms with van der Waals surface area (Å²) in [6.07, 6.45) is 4.19. The van der Waals surface area contributed by atoms with Crippen LogP contribution in [0.4, 0.5) is 4.39 Å². The summed E-state index contributed by atoms with van der Waals surface area (Å²) < 4.78 is 14.1. The number of halogens is 1. The van der Waals surface area contributed by atoms with Crippen molar-refractivity contribution < 1.29 is 4.39 Å². The molecule has 0 spiro atoms. The minimum absolute atomic E-state index is 0.0680. The van der Waals surface area contributed by atoms with Crippen molar-refractivity contribution in [2.24, 2.45) is 0 Å². The number of alkyl halides is 1. The molecule has 3 nitrogen and oxygen atoms in total. The number of hydrogen-bond acceptors (Lipinski definition) is 1. The van der Waals surface area contributed by atoms with Gasteiger partial charge in [-0.05, 0) is 44.0 Å². The van der Waals surface area contributed by atoms with E-state index in [1.54, 1.807) is 13.8 Å². The summed E-state index contributed by atoms with van der Waals surface area (Å²) in [4.78, 5) is 6.79. The fraction of sp³-hybridized carbons (Fsp3) is 0.304. The number of H-pyrrole nitrogens is 2. The Morgan fingerprint density at radius 2 is 1.37 bits per heavy atom. The van der Waals surface area contributed by atoms with Gasteiger partial charge in [0.1, 0.15) is 5.67 Å². The van der Waals surface area contributed by atoms with E-state index >= 15 is 0 Å². The minimum atomic E-state index is -1.25. The van der Waals surface area contributed by atoms with Crippen LogP contribution in [-0.4, -0.2) is 28.2 Å². The van der Waals surface area contributed by atoms with Gasteiger partial charge in [0.2, 0.25) is 0 Å². The lowest BCUT2D eigenvalue weighted by atomic mass is 9.85. The third-order valence-electron chi connectivity index (χ3n) is 5.26. The van der Waals surface area contributed by atoms with Gasteiger partial charge in [0.05, 0.1) is 0 Å². The van der Waals surface area contributed by atoms with Crippen molar-refractivity contribution in [1.82, 2.24) is 15.3 Å². The first-order chi connectivity index (χ1) is 12.9. The van der Waals surface area contributed by atoms with E-state index in [2.05, 4.69) is 71.0 Å². The number of rotatable bonds is 6. The van der Waals surface area contributed by atoms with Crippen LogP contribution in [0.2, 0.25) is 0 Å². The predicted octanol–water partition coefficient (Wildman–Crippen LogP) is 5.51. The minimum Gasteiger partial charge on any atom is -0.361 e. The second-order valence-corrected chi connectivity index (χ2v) is 7.95. The highest BCUT2D eigenvalue weighted by Crippen LogP contribution is 2.37. The summed E-state index contributed by atoms with van der Waals surface area (Å²) >= 11 is 0. The lowest BCUT2D eigenvalue weighted by molar-refractivity contribution is 0.202. The second-order valence-electron chi connectivity index (χ2n) is 7.95. The number of aromatic amines is 2. The predicted molar refractivity (Wildman–Crippen MR) is 111 cm³/mol. The van der Waals surface area contributed by atoms with E-state index < -0.39 is 5.67 Å². The summed E-state index contributed by atoms with van der Waals surface area (Å²) in [7, 11) is 0. The number of aromatic nitrogens is 2. The molecule has 3 N–H and O–H groups in total. The van der Waals surface area contributed by atoms with E-state index in [1.807, 2.05) is 12.1 Å². The van der Waals surface area contributed by atoms with Crippen molar-refractivity contribution in [3.63, 3.8) is 0 Å². The van der Waals surface area contributed by atoms with Gasteiger partial charge >= 0.3 is 0 Å². The molecule has 27 heavy (non-hydrogen) atoms. The van der Waals surface area contributed by atoms with Gasteiger partial charge in [-0.3, -0.25) is 0 Å². The van der Waals surface area contributed by atoms with Gasteiger partial charge in [-0.1, -0.05) is 36.4 Å². The van der Waals surface area contributed by atoms with Crippen LogP contribution in [0.3, 0.4) is 0 Å². The molecule has 0 aliphatic carbocycles. The first-order valence-corrected chi connectivity index (χ1v) is 9.48. The first-order valence-electron chi connectivity index (χ1n) is 9.48. The normalized spacial score (nSPS) is 13.7. The van der Waals surface area contributed by atoms with E-state index in [0.717, 1.165) is 11.0 Å². The van der Waals surface area contributed by atoms with E-state index in [1.165, 1.54) is 21.9 Å². The topological polar surface area (TPSA) is 43.6 Å². The molecular formula is C23H26FN3. The lowest BCUT2D eigenvalue weighted by Gasteiger charge is -2.27. The van der Waals surface area contributed by atoms with Gasteiger partial charge in [-0.15, -0.1) is 0 Å². The average molecular weight is 363 g/mol. The maximum atomic E-state index is 14.1. The second kappa shape index (κ2) is 6.86. The molecule has 2 heterocycles. The molecule has 0 bridgehead atoms. The molecule has 0 radical (unpaired) electrons. The molecule has 4 heteroatoms. The van der Waals surface area contributed by atoms with E-state index in [9.17, 15) is 4.39 Å². The summed E-state index contributed by atoms with van der Waals surface area (Å²) in [6.45, 7) is 5.67. The quantitative estimate of drug-likeness (QED) is 0.416. The Morgan fingerprint density at radius 1 is 0.889 bits per heavy atom. The number of benzene rings is 2. The maximum Gasteiger partial charge on any atom is 0.117 e. The van der Waals surface area contributed by atoms with Crippen LogP contribution < -0.4 is 5.32 Å². The van der Waals surface area contributed by atoms with Crippen molar-refractivity contribution in [2.45, 2.75) is 38.4 Å². The van der Waals surface area contributed by atoms with Crippen LogP contribution in [0.5, 0.6) is 0 Å². The summed E-state index contributed by atoms with van der Waals surface area (Å²) in [5.41, 5.74) is 3.45.